The van der Waals surface area contributed by atoms with E-state index in [0.717, 1.165) is 6.07 Å². The lowest BCUT2D eigenvalue weighted by molar-refractivity contribution is -0.385. The molecule has 7 nitrogen and oxygen atoms in total. The van der Waals surface area contributed by atoms with Gasteiger partial charge in [-0.1, -0.05) is 0 Å². The van der Waals surface area contributed by atoms with Crippen LogP contribution in [-0.2, 0) is 0 Å². The van der Waals surface area contributed by atoms with E-state index in [1.165, 1.54) is 6.07 Å². The van der Waals surface area contributed by atoms with Gasteiger partial charge in [-0.3, -0.25) is 10.1 Å². The van der Waals surface area contributed by atoms with Gasteiger partial charge in [0.15, 0.2) is 0 Å². The van der Waals surface area contributed by atoms with E-state index in [-0.39, 0.29) is 11.3 Å². The van der Waals surface area contributed by atoms with Crippen LogP contribution in [0.4, 0.5) is 11.4 Å². The summed E-state index contributed by atoms with van der Waals surface area (Å²) in [4.78, 5) is 21.0. The fraction of sp³-hybridized carbons (Fsp3) is 0.300. The fourth-order valence-electron chi connectivity index (χ4n) is 1.40. The molecule has 0 amide bonds. The van der Waals surface area contributed by atoms with Crippen molar-refractivity contribution in [3.05, 3.63) is 33.4 Å². The zero-order valence-corrected chi connectivity index (χ0v) is 9.27. The minimum Gasteiger partial charge on any atom is -0.478 e. The second-order valence-electron chi connectivity index (χ2n) is 3.45. The Morgan fingerprint density at radius 2 is 2.24 bits per heavy atom. The number of hydrogen-bond donors (Lipinski definition) is 3. The number of carbonyl (C=O) groups is 1. The minimum absolute atomic E-state index is 0.123. The van der Waals surface area contributed by atoms with Crippen molar-refractivity contribution in [1.82, 2.24) is 0 Å². The molecule has 0 aliphatic rings. The Hall–Kier alpha value is -2.15. The zero-order chi connectivity index (χ0) is 13.0. The monoisotopic (exact) mass is 239 g/mol. The van der Waals surface area contributed by atoms with Gasteiger partial charge in [0.25, 0.3) is 5.69 Å². The molecule has 0 unspecified atom stereocenters. The van der Waals surface area contributed by atoms with Gasteiger partial charge in [-0.25, -0.2) is 4.79 Å². The molecule has 4 N–H and O–H groups in total. The van der Waals surface area contributed by atoms with Crippen LogP contribution in [0.3, 0.4) is 0 Å². The highest BCUT2D eigenvalue weighted by atomic mass is 16.6. The van der Waals surface area contributed by atoms with Gasteiger partial charge in [0, 0.05) is 30.4 Å². The molecule has 0 aliphatic carbocycles. The normalized spacial score (nSPS) is 10.0. The Kier molecular flexibility index (Phi) is 4.00. The SMILES string of the molecule is Cc1c(NCCN)cc(C(=O)O)cc1[N+](=O)[O-]. The summed E-state index contributed by atoms with van der Waals surface area (Å²) in [5.74, 6) is -1.20. The Morgan fingerprint density at radius 1 is 1.59 bits per heavy atom. The molecule has 92 valence electrons. The van der Waals surface area contributed by atoms with Gasteiger partial charge in [0.05, 0.1) is 10.5 Å². The van der Waals surface area contributed by atoms with Crippen molar-refractivity contribution in [2.24, 2.45) is 5.73 Å². The first kappa shape index (κ1) is 12.9. The zero-order valence-electron chi connectivity index (χ0n) is 9.27. The van der Waals surface area contributed by atoms with Gasteiger partial charge >= 0.3 is 5.97 Å². The number of nitro groups is 1. The summed E-state index contributed by atoms with van der Waals surface area (Å²) in [7, 11) is 0. The summed E-state index contributed by atoms with van der Waals surface area (Å²) in [5.41, 5.74) is 5.78. The van der Waals surface area contributed by atoms with Gasteiger partial charge in [-0.2, -0.15) is 0 Å². The van der Waals surface area contributed by atoms with E-state index >= 15 is 0 Å². The number of carboxylic acid groups (broad SMARTS) is 1. The first-order chi connectivity index (χ1) is 7.97. The Labute approximate surface area is 97.4 Å². The van der Waals surface area contributed by atoms with Crippen molar-refractivity contribution in [2.45, 2.75) is 6.92 Å². The van der Waals surface area contributed by atoms with Crippen molar-refractivity contribution in [1.29, 1.82) is 0 Å². The first-order valence-electron chi connectivity index (χ1n) is 4.93. The van der Waals surface area contributed by atoms with Crippen molar-refractivity contribution in [2.75, 3.05) is 18.4 Å². The fourth-order valence-corrected chi connectivity index (χ4v) is 1.40. The molecule has 17 heavy (non-hydrogen) atoms. The maximum atomic E-state index is 10.8. The van der Waals surface area contributed by atoms with Crippen LogP contribution < -0.4 is 11.1 Å². The third-order valence-corrected chi connectivity index (χ3v) is 2.28. The highest BCUT2D eigenvalue weighted by Crippen LogP contribution is 2.27. The molecule has 1 rings (SSSR count). The lowest BCUT2D eigenvalue weighted by Crippen LogP contribution is -2.14. The molecule has 0 spiro atoms. The van der Waals surface area contributed by atoms with E-state index in [2.05, 4.69) is 5.32 Å². The second kappa shape index (κ2) is 5.26. The molecule has 0 radical (unpaired) electrons. The molecule has 1 aromatic carbocycles. The predicted molar refractivity (Wildman–Crippen MR) is 62.3 cm³/mol. The molecule has 0 bridgehead atoms. The lowest BCUT2D eigenvalue weighted by Gasteiger charge is -2.09. The average molecular weight is 239 g/mol. The molecular weight excluding hydrogens is 226 g/mol. The Balaban J connectivity index is 3.27. The number of nitrogens with two attached hydrogens (primary N) is 1. The van der Waals surface area contributed by atoms with Gasteiger partial charge in [0.1, 0.15) is 0 Å². The molecule has 0 fully saturated rings. The van der Waals surface area contributed by atoms with Crippen molar-refractivity contribution >= 4 is 17.3 Å². The summed E-state index contributed by atoms with van der Waals surface area (Å²) in [6.45, 7) is 2.33. The van der Waals surface area contributed by atoms with Gasteiger partial charge in [0.2, 0.25) is 0 Å². The smallest absolute Gasteiger partial charge is 0.336 e. The van der Waals surface area contributed by atoms with Crippen LogP contribution >= 0.6 is 0 Å². The largest absolute Gasteiger partial charge is 0.478 e. The van der Waals surface area contributed by atoms with E-state index in [1.807, 2.05) is 0 Å². The maximum absolute atomic E-state index is 10.8. The number of benzene rings is 1. The molecule has 0 saturated heterocycles. The molecule has 1 aromatic rings. The van der Waals surface area contributed by atoms with Crippen LogP contribution in [0.25, 0.3) is 0 Å². The van der Waals surface area contributed by atoms with Gasteiger partial charge < -0.3 is 16.2 Å². The number of hydrogen-bond acceptors (Lipinski definition) is 5. The Bertz CT molecular complexity index is 459. The van der Waals surface area contributed by atoms with Crippen molar-refractivity contribution < 1.29 is 14.8 Å². The topological polar surface area (TPSA) is 118 Å². The Morgan fingerprint density at radius 3 is 2.71 bits per heavy atom. The standard InChI is InChI=1S/C10H13N3O4/c1-6-8(12-3-2-11)4-7(10(14)15)5-9(6)13(16)17/h4-5,12H,2-3,11H2,1H3,(H,14,15). The predicted octanol–water partition coefficient (Wildman–Crippen LogP) is 0.972. The van der Waals surface area contributed by atoms with Crippen LogP contribution in [-0.4, -0.2) is 29.1 Å². The molecule has 7 heteroatoms. The summed E-state index contributed by atoms with van der Waals surface area (Å²) in [6.07, 6.45) is 0. The van der Waals surface area contributed by atoms with E-state index < -0.39 is 10.9 Å². The molecule has 0 heterocycles. The number of aromatic carboxylic acids is 1. The highest BCUT2D eigenvalue weighted by molar-refractivity contribution is 5.90. The van der Waals surface area contributed by atoms with E-state index in [1.54, 1.807) is 6.92 Å². The van der Waals surface area contributed by atoms with E-state index in [0.29, 0.717) is 24.3 Å². The number of nitrogens with one attached hydrogen (secondary N) is 1. The molecular formula is C10H13N3O4. The number of nitrogens with zero attached hydrogens (tertiary/aromatic N) is 1. The number of nitro benzene ring substituents is 1. The third-order valence-electron chi connectivity index (χ3n) is 2.28. The quantitative estimate of drug-likeness (QED) is 0.520. The molecule has 0 saturated carbocycles. The highest BCUT2D eigenvalue weighted by Gasteiger charge is 2.18. The molecule has 0 aromatic heterocycles. The van der Waals surface area contributed by atoms with Crippen LogP contribution in [0.1, 0.15) is 15.9 Å². The summed E-state index contributed by atoms with van der Waals surface area (Å²) in [5, 5.41) is 22.5. The first-order valence-corrected chi connectivity index (χ1v) is 4.93. The molecule has 0 aliphatic heterocycles. The van der Waals surface area contributed by atoms with Crippen molar-refractivity contribution in [3.8, 4) is 0 Å². The number of carboxylic acids is 1. The van der Waals surface area contributed by atoms with Crippen molar-refractivity contribution in [3.63, 3.8) is 0 Å². The summed E-state index contributed by atoms with van der Waals surface area (Å²) >= 11 is 0. The maximum Gasteiger partial charge on any atom is 0.336 e. The average Bonchev–Trinajstić information content (AvgIpc) is 2.26. The van der Waals surface area contributed by atoms with Gasteiger partial charge in [-0.15, -0.1) is 0 Å². The minimum atomic E-state index is -1.20. The summed E-state index contributed by atoms with van der Waals surface area (Å²) in [6, 6.07) is 2.41. The van der Waals surface area contributed by atoms with Crippen LogP contribution in [0.15, 0.2) is 12.1 Å². The van der Waals surface area contributed by atoms with E-state index in [9.17, 15) is 14.9 Å². The number of anilines is 1. The molecule has 0 atom stereocenters. The van der Waals surface area contributed by atoms with Crippen LogP contribution in [0.2, 0.25) is 0 Å². The second-order valence-corrected chi connectivity index (χ2v) is 3.45. The van der Waals surface area contributed by atoms with E-state index in [4.69, 9.17) is 10.8 Å². The van der Waals surface area contributed by atoms with Crippen LogP contribution in [0.5, 0.6) is 0 Å². The number of rotatable bonds is 5. The lowest BCUT2D eigenvalue weighted by atomic mass is 10.1. The van der Waals surface area contributed by atoms with Crippen LogP contribution in [0, 0.1) is 17.0 Å². The summed E-state index contributed by atoms with van der Waals surface area (Å²) < 4.78 is 0. The van der Waals surface area contributed by atoms with Gasteiger partial charge in [-0.05, 0) is 13.0 Å². The third kappa shape index (κ3) is 2.91.